The molecule has 0 radical (unpaired) electrons. The van der Waals surface area contributed by atoms with E-state index in [2.05, 4.69) is 57.2 Å². The second-order valence-electron chi connectivity index (χ2n) is 14.8. The van der Waals surface area contributed by atoms with E-state index in [1.807, 2.05) is 6.26 Å². The monoisotopic (exact) mass is 606 g/mol. The topological polar surface area (TPSA) is 148 Å². The van der Waals surface area contributed by atoms with Gasteiger partial charge in [-0.2, -0.15) is 5.26 Å². The summed E-state index contributed by atoms with van der Waals surface area (Å²) in [5.74, 6) is 0. The van der Waals surface area contributed by atoms with Crippen LogP contribution in [0.25, 0.3) is 0 Å². The van der Waals surface area contributed by atoms with Crippen LogP contribution in [0.1, 0.15) is 106 Å². The van der Waals surface area contributed by atoms with Crippen LogP contribution in [0.2, 0.25) is 0 Å². The molecule has 2 N–H and O–H groups in total. The second kappa shape index (κ2) is 16.9. The predicted octanol–water partition coefficient (Wildman–Crippen LogP) is 6.02. The van der Waals surface area contributed by atoms with Crippen molar-refractivity contribution in [3.63, 3.8) is 0 Å². The SMILES string of the molecule is CC1(C)CC(N=C=O)CC(C)(CNC(=O)OCCCCOCCCCOC(=O)NCC2(C)CC(OC#N)CC(C)(C)C2)C1. The van der Waals surface area contributed by atoms with Crippen LogP contribution >= 0.6 is 0 Å². The highest BCUT2D eigenvalue weighted by atomic mass is 16.6. The van der Waals surface area contributed by atoms with Crippen molar-refractivity contribution in [3.05, 3.63) is 0 Å². The molecular weight excluding hydrogens is 552 g/mol. The number of hydrogen-bond donors (Lipinski definition) is 2. The summed E-state index contributed by atoms with van der Waals surface area (Å²) in [6.45, 7) is 15.6. The van der Waals surface area contributed by atoms with Gasteiger partial charge in [-0.25, -0.2) is 19.4 Å². The Hall–Kier alpha value is -2.83. The lowest BCUT2D eigenvalue weighted by Crippen LogP contribution is -2.45. The maximum atomic E-state index is 12.2. The number of rotatable bonds is 16. The summed E-state index contributed by atoms with van der Waals surface area (Å²) in [7, 11) is 0. The van der Waals surface area contributed by atoms with Gasteiger partial charge in [-0.3, -0.25) is 0 Å². The van der Waals surface area contributed by atoms with E-state index >= 15 is 0 Å². The lowest BCUT2D eigenvalue weighted by molar-refractivity contribution is -0.0107. The van der Waals surface area contributed by atoms with Crippen molar-refractivity contribution in [2.24, 2.45) is 26.7 Å². The Morgan fingerprint density at radius 3 is 1.77 bits per heavy atom. The van der Waals surface area contributed by atoms with Crippen molar-refractivity contribution in [1.82, 2.24) is 10.6 Å². The average molecular weight is 607 g/mol. The van der Waals surface area contributed by atoms with Crippen LogP contribution in [0.5, 0.6) is 0 Å². The Morgan fingerprint density at radius 1 is 0.767 bits per heavy atom. The molecule has 0 saturated heterocycles. The highest BCUT2D eigenvalue weighted by Gasteiger charge is 2.43. The molecule has 2 saturated carbocycles. The molecular formula is C32H54N4O7. The van der Waals surface area contributed by atoms with Crippen molar-refractivity contribution >= 4 is 18.3 Å². The summed E-state index contributed by atoms with van der Waals surface area (Å²) in [5.41, 5.74) is -0.240. The Labute approximate surface area is 257 Å². The standard InChI is InChI=1S/C32H54N4O7/c1-29(2)15-25(36-24-37)16-31(5,19-29)21-34-27(38)41-13-9-7-11-40-12-8-10-14-42-28(39)35-22-32(6)18-26(43-23-33)17-30(3,4)20-32/h25-26H,7-22H2,1-6H3,(H,34,38)(H,35,39). The molecule has 0 bridgehead atoms. The van der Waals surface area contributed by atoms with Gasteiger partial charge in [0, 0.05) is 26.3 Å². The fourth-order valence-corrected chi connectivity index (χ4v) is 7.43. The molecule has 2 rings (SSSR count). The Balaban J connectivity index is 1.46. The van der Waals surface area contributed by atoms with Crippen LogP contribution in [-0.2, 0) is 23.7 Å². The number of aliphatic imine (C=N–C) groups is 1. The van der Waals surface area contributed by atoms with Gasteiger partial charge in [-0.05, 0) is 85.9 Å². The van der Waals surface area contributed by atoms with Crippen LogP contribution in [0.3, 0.4) is 0 Å². The summed E-state index contributed by atoms with van der Waals surface area (Å²) < 4.78 is 21.5. The molecule has 11 heteroatoms. The van der Waals surface area contributed by atoms with Crippen molar-refractivity contribution in [3.8, 4) is 6.26 Å². The summed E-state index contributed by atoms with van der Waals surface area (Å²) in [6, 6.07) is -0.0643. The van der Waals surface area contributed by atoms with Gasteiger partial charge in [0.1, 0.15) is 6.10 Å². The molecule has 4 unspecified atom stereocenters. The molecule has 0 aromatic carbocycles. The summed E-state index contributed by atoms with van der Waals surface area (Å²) >= 11 is 0. The van der Waals surface area contributed by atoms with Gasteiger partial charge in [0.2, 0.25) is 6.08 Å². The largest absolute Gasteiger partial charge is 0.450 e. The van der Waals surface area contributed by atoms with Gasteiger partial charge < -0.3 is 29.6 Å². The molecule has 244 valence electrons. The fraction of sp³-hybridized carbons (Fsp3) is 0.875. The third kappa shape index (κ3) is 14.5. The zero-order valence-corrected chi connectivity index (χ0v) is 27.2. The zero-order valence-electron chi connectivity index (χ0n) is 27.2. The van der Waals surface area contributed by atoms with Gasteiger partial charge >= 0.3 is 12.2 Å². The number of nitriles is 1. The third-order valence-electron chi connectivity index (χ3n) is 8.43. The first kappa shape index (κ1) is 36.4. The summed E-state index contributed by atoms with van der Waals surface area (Å²) in [5, 5.41) is 14.7. The Kier molecular flexibility index (Phi) is 14.3. The van der Waals surface area contributed by atoms with E-state index < -0.39 is 12.2 Å². The van der Waals surface area contributed by atoms with E-state index in [0.717, 1.165) is 51.4 Å². The number of alkyl carbamates (subject to hydrolysis) is 2. The first-order valence-electron chi connectivity index (χ1n) is 15.7. The minimum absolute atomic E-state index is 0.0348. The number of nitrogens with one attached hydrogen (secondary N) is 2. The van der Waals surface area contributed by atoms with E-state index in [9.17, 15) is 14.4 Å². The van der Waals surface area contributed by atoms with Gasteiger partial charge in [-0.15, -0.1) is 0 Å². The van der Waals surface area contributed by atoms with Crippen molar-refractivity contribution in [1.29, 1.82) is 5.26 Å². The van der Waals surface area contributed by atoms with Crippen LogP contribution in [0, 0.1) is 33.2 Å². The van der Waals surface area contributed by atoms with E-state index in [0.29, 0.717) is 52.4 Å². The molecule has 43 heavy (non-hydrogen) atoms. The molecule has 2 fully saturated rings. The molecule has 2 amide bonds. The average Bonchev–Trinajstić information content (AvgIpc) is 2.87. The number of amides is 2. The quantitative estimate of drug-likeness (QED) is 0.0938. The Bertz CT molecular complexity index is 991. The number of nitrogens with zero attached hydrogens (tertiary/aromatic N) is 2. The van der Waals surface area contributed by atoms with Crippen LogP contribution < -0.4 is 10.6 Å². The lowest BCUT2D eigenvalue weighted by atomic mass is 9.63. The van der Waals surface area contributed by atoms with Crippen molar-refractivity contribution < 1.29 is 33.3 Å². The highest BCUT2D eigenvalue weighted by molar-refractivity contribution is 5.67. The van der Waals surface area contributed by atoms with E-state index in [4.69, 9.17) is 24.2 Å². The number of carbonyl (C=O) groups is 2. The minimum atomic E-state index is -0.432. The number of hydrogen-bond acceptors (Lipinski definition) is 9. The van der Waals surface area contributed by atoms with E-state index in [1.54, 1.807) is 6.08 Å². The molecule has 0 aromatic heterocycles. The maximum absolute atomic E-state index is 12.2. The summed E-state index contributed by atoms with van der Waals surface area (Å²) in [4.78, 5) is 39.0. The fourth-order valence-electron chi connectivity index (χ4n) is 7.43. The van der Waals surface area contributed by atoms with E-state index in [1.165, 1.54) is 0 Å². The lowest BCUT2D eigenvalue weighted by Gasteiger charge is -2.45. The number of ether oxygens (including phenoxy) is 4. The first-order chi connectivity index (χ1) is 20.2. The predicted molar refractivity (Wildman–Crippen MR) is 162 cm³/mol. The molecule has 0 heterocycles. The first-order valence-corrected chi connectivity index (χ1v) is 15.7. The minimum Gasteiger partial charge on any atom is -0.450 e. The molecule has 4 atom stereocenters. The molecule has 2 aliphatic carbocycles. The third-order valence-corrected chi connectivity index (χ3v) is 8.43. The highest BCUT2D eigenvalue weighted by Crippen LogP contribution is 2.47. The van der Waals surface area contributed by atoms with Gasteiger partial charge in [0.25, 0.3) is 6.26 Å². The van der Waals surface area contributed by atoms with Crippen molar-refractivity contribution in [2.75, 3.05) is 39.5 Å². The molecule has 2 aliphatic rings. The van der Waals surface area contributed by atoms with Gasteiger partial charge in [-0.1, -0.05) is 41.5 Å². The van der Waals surface area contributed by atoms with Crippen molar-refractivity contribution in [2.45, 2.75) is 118 Å². The number of carbonyl (C=O) groups excluding carboxylic acids is 3. The smallest absolute Gasteiger partial charge is 0.407 e. The number of unbranched alkanes of at least 4 members (excludes halogenated alkanes) is 2. The zero-order chi connectivity index (χ0) is 32.0. The molecule has 0 aromatic rings. The molecule has 11 nitrogen and oxygen atoms in total. The second-order valence-corrected chi connectivity index (χ2v) is 14.8. The molecule has 0 aliphatic heterocycles. The van der Waals surface area contributed by atoms with Gasteiger partial charge in [0.05, 0.1) is 19.3 Å². The Morgan fingerprint density at radius 2 is 1.26 bits per heavy atom. The maximum Gasteiger partial charge on any atom is 0.407 e. The normalized spacial score (nSPS) is 27.6. The molecule has 0 spiro atoms. The van der Waals surface area contributed by atoms with Gasteiger partial charge in [0.15, 0.2) is 0 Å². The van der Waals surface area contributed by atoms with Crippen LogP contribution in [0.4, 0.5) is 9.59 Å². The number of isocyanates is 1. The van der Waals surface area contributed by atoms with Crippen LogP contribution in [-0.4, -0.2) is 69.9 Å². The van der Waals surface area contributed by atoms with E-state index in [-0.39, 0.29) is 33.8 Å². The summed E-state index contributed by atoms with van der Waals surface area (Å²) in [6.07, 6.45) is 10.5. The van der Waals surface area contributed by atoms with Crippen LogP contribution in [0.15, 0.2) is 4.99 Å².